The van der Waals surface area contributed by atoms with Gasteiger partial charge in [-0.15, -0.1) is 0 Å². The van der Waals surface area contributed by atoms with Crippen LogP contribution in [-0.4, -0.2) is 5.91 Å². The number of hydrogen-bond donors (Lipinski definition) is 1. The molecule has 2 rings (SSSR count). The average molecular weight is 363 g/mol. The van der Waals surface area contributed by atoms with E-state index in [2.05, 4.69) is 21.2 Å². The molecule has 0 unspecified atom stereocenters. The van der Waals surface area contributed by atoms with Crippen LogP contribution in [0.2, 0.25) is 0 Å². The highest BCUT2D eigenvalue weighted by Gasteiger charge is 2.12. The summed E-state index contributed by atoms with van der Waals surface area (Å²) in [6.07, 6.45) is 1.00. The van der Waals surface area contributed by atoms with E-state index >= 15 is 0 Å². The van der Waals surface area contributed by atoms with E-state index in [1.165, 1.54) is 0 Å². The van der Waals surface area contributed by atoms with E-state index in [1.807, 2.05) is 0 Å². The number of rotatable bonds is 3. The molecule has 0 radical (unpaired) electrons. The summed E-state index contributed by atoms with van der Waals surface area (Å²) >= 11 is 3.26. The van der Waals surface area contributed by atoms with Crippen molar-refractivity contribution in [2.24, 2.45) is 0 Å². The van der Waals surface area contributed by atoms with Crippen molar-refractivity contribution in [2.45, 2.75) is 0 Å². The Balaban J connectivity index is 2.30. The number of benzene rings is 2. The van der Waals surface area contributed by atoms with Gasteiger partial charge in [-0.25, -0.2) is 8.78 Å². The number of carbonyl (C=O) groups is 1. The van der Waals surface area contributed by atoms with E-state index in [-0.39, 0.29) is 11.1 Å². The molecule has 2 aromatic carbocycles. The summed E-state index contributed by atoms with van der Waals surface area (Å²) < 4.78 is 27.3. The third kappa shape index (κ3) is 3.77. The van der Waals surface area contributed by atoms with E-state index < -0.39 is 17.5 Å². The molecule has 0 aromatic heterocycles. The van der Waals surface area contributed by atoms with Crippen molar-refractivity contribution in [1.29, 1.82) is 5.26 Å². The second kappa shape index (κ2) is 6.96. The number of carbonyl (C=O) groups excluding carboxylic acids is 1. The van der Waals surface area contributed by atoms with Crippen LogP contribution in [0.25, 0.3) is 6.08 Å². The molecule has 3 nitrogen and oxygen atoms in total. The zero-order valence-corrected chi connectivity index (χ0v) is 12.7. The molecular weight excluding hydrogens is 354 g/mol. The number of nitrogens with zero attached hydrogens (tertiary/aromatic N) is 1. The first-order valence-electron chi connectivity index (χ1n) is 6.14. The molecule has 0 spiro atoms. The topological polar surface area (TPSA) is 52.9 Å². The Kier molecular flexibility index (Phi) is 5.02. The van der Waals surface area contributed by atoms with Crippen LogP contribution >= 0.6 is 15.9 Å². The van der Waals surface area contributed by atoms with E-state index in [4.69, 9.17) is 5.26 Å². The lowest BCUT2D eigenvalue weighted by Gasteiger charge is -2.06. The van der Waals surface area contributed by atoms with Gasteiger partial charge < -0.3 is 5.32 Å². The SMILES string of the molecule is N#C/C(=C/c1cc(F)ccc1F)C(=O)Nc1ccccc1Br. The van der Waals surface area contributed by atoms with Crippen molar-refractivity contribution in [3.63, 3.8) is 0 Å². The quantitative estimate of drug-likeness (QED) is 0.654. The summed E-state index contributed by atoms with van der Waals surface area (Å²) in [6.45, 7) is 0. The van der Waals surface area contributed by atoms with Gasteiger partial charge in [0.15, 0.2) is 0 Å². The van der Waals surface area contributed by atoms with Crippen molar-refractivity contribution in [3.05, 3.63) is 69.7 Å². The van der Waals surface area contributed by atoms with Crippen LogP contribution in [0, 0.1) is 23.0 Å². The largest absolute Gasteiger partial charge is 0.320 e. The first-order chi connectivity index (χ1) is 10.5. The fraction of sp³-hybridized carbons (Fsp3) is 0. The van der Waals surface area contributed by atoms with Crippen LogP contribution < -0.4 is 5.32 Å². The van der Waals surface area contributed by atoms with Crippen LogP contribution in [0.1, 0.15) is 5.56 Å². The summed E-state index contributed by atoms with van der Waals surface area (Å²) in [5, 5.41) is 11.6. The molecule has 0 atom stereocenters. The molecule has 0 saturated carbocycles. The number of nitriles is 1. The van der Waals surface area contributed by atoms with Gasteiger partial charge in [-0.3, -0.25) is 4.79 Å². The van der Waals surface area contributed by atoms with Crippen LogP contribution in [0.15, 0.2) is 52.5 Å². The molecule has 0 aliphatic rings. The highest BCUT2D eigenvalue weighted by atomic mass is 79.9. The highest BCUT2D eigenvalue weighted by molar-refractivity contribution is 9.10. The molecule has 6 heteroatoms. The Hall–Kier alpha value is -2.52. The maximum Gasteiger partial charge on any atom is 0.266 e. The molecule has 0 bridgehead atoms. The van der Waals surface area contributed by atoms with Crippen LogP contribution in [0.3, 0.4) is 0 Å². The van der Waals surface area contributed by atoms with Gasteiger partial charge >= 0.3 is 0 Å². The van der Waals surface area contributed by atoms with Gasteiger partial charge in [0.2, 0.25) is 0 Å². The molecule has 1 N–H and O–H groups in total. The summed E-state index contributed by atoms with van der Waals surface area (Å²) in [5.74, 6) is -2.09. The number of para-hydroxylation sites is 1. The molecule has 2 aromatic rings. The van der Waals surface area contributed by atoms with E-state index in [1.54, 1.807) is 30.3 Å². The smallest absolute Gasteiger partial charge is 0.266 e. The standard InChI is InChI=1S/C16H9BrF2N2O/c17-13-3-1-2-4-15(13)21-16(22)11(9-20)7-10-8-12(18)5-6-14(10)19/h1-8H,(H,21,22)/b11-7-. The molecule has 0 aliphatic heterocycles. The zero-order chi connectivity index (χ0) is 16.1. The van der Waals surface area contributed by atoms with Crippen molar-refractivity contribution in [3.8, 4) is 6.07 Å². The first kappa shape index (κ1) is 15.9. The number of anilines is 1. The number of nitrogens with one attached hydrogen (secondary N) is 1. The molecule has 1 amide bonds. The van der Waals surface area contributed by atoms with Crippen molar-refractivity contribution < 1.29 is 13.6 Å². The Bertz CT molecular complexity index is 797. The molecule has 0 heterocycles. The fourth-order valence-corrected chi connectivity index (χ4v) is 2.07. The van der Waals surface area contributed by atoms with Gasteiger partial charge in [0.1, 0.15) is 23.3 Å². The Labute approximate surface area is 134 Å². The lowest BCUT2D eigenvalue weighted by atomic mass is 10.1. The van der Waals surface area contributed by atoms with E-state index in [0.29, 0.717) is 10.2 Å². The van der Waals surface area contributed by atoms with Crippen LogP contribution in [0.5, 0.6) is 0 Å². The van der Waals surface area contributed by atoms with Gasteiger partial charge in [-0.2, -0.15) is 5.26 Å². The minimum absolute atomic E-state index is 0.168. The molecule has 0 saturated heterocycles. The molecule has 22 heavy (non-hydrogen) atoms. The summed E-state index contributed by atoms with van der Waals surface area (Å²) in [7, 11) is 0. The number of amides is 1. The van der Waals surface area contributed by atoms with Crippen LogP contribution in [-0.2, 0) is 4.79 Å². The second-order valence-electron chi connectivity index (χ2n) is 4.27. The van der Waals surface area contributed by atoms with Gasteiger partial charge in [-0.1, -0.05) is 12.1 Å². The maximum absolute atomic E-state index is 13.6. The summed E-state index contributed by atoms with van der Waals surface area (Å²) in [5.41, 5.74) is -0.0348. The normalized spacial score (nSPS) is 10.9. The Morgan fingerprint density at radius 1 is 1.23 bits per heavy atom. The fourth-order valence-electron chi connectivity index (χ4n) is 1.68. The Morgan fingerprint density at radius 2 is 1.95 bits per heavy atom. The number of hydrogen-bond acceptors (Lipinski definition) is 2. The van der Waals surface area contributed by atoms with Gasteiger partial charge in [0, 0.05) is 10.0 Å². The van der Waals surface area contributed by atoms with Crippen LogP contribution in [0.4, 0.5) is 14.5 Å². The maximum atomic E-state index is 13.6. The molecular formula is C16H9BrF2N2O. The Morgan fingerprint density at radius 3 is 2.64 bits per heavy atom. The third-order valence-electron chi connectivity index (χ3n) is 2.75. The predicted octanol–water partition coefficient (Wildman–Crippen LogP) is 4.27. The second-order valence-corrected chi connectivity index (χ2v) is 5.12. The van der Waals surface area contributed by atoms with Crippen molar-refractivity contribution in [1.82, 2.24) is 0 Å². The van der Waals surface area contributed by atoms with Crippen molar-refractivity contribution in [2.75, 3.05) is 5.32 Å². The molecule has 110 valence electrons. The highest BCUT2D eigenvalue weighted by Crippen LogP contribution is 2.22. The lowest BCUT2D eigenvalue weighted by Crippen LogP contribution is -2.13. The number of halogens is 3. The monoisotopic (exact) mass is 362 g/mol. The summed E-state index contributed by atoms with van der Waals surface area (Å²) in [6, 6.07) is 11.3. The van der Waals surface area contributed by atoms with Gasteiger partial charge in [0.25, 0.3) is 5.91 Å². The average Bonchev–Trinajstić information content (AvgIpc) is 2.50. The minimum atomic E-state index is -0.720. The van der Waals surface area contributed by atoms with Gasteiger partial charge in [-0.05, 0) is 52.3 Å². The minimum Gasteiger partial charge on any atom is -0.320 e. The van der Waals surface area contributed by atoms with E-state index in [9.17, 15) is 13.6 Å². The first-order valence-corrected chi connectivity index (χ1v) is 6.93. The van der Waals surface area contributed by atoms with Gasteiger partial charge in [0.05, 0.1) is 5.69 Å². The molecule has 0 aliphatic carbocycles. The summed E-state index contributed by atoms with van der Waals surface area (Å²) in [4.78, 5) is 12.1. The predicted molar refractivity (Wildman–Crippen MR) is 82.7 cm³/mol. The zero-order valence-electron chi connectivity index (χ0n) is 11.1. The molecule has 0 fully saturated rings. The lowest BCUT2D eigenvalue weighted by molar-refractivity contribution is -0.112. The van der Waals surface area contributed by atoms with E-state index in [0.717, 1.165) is 24.3 Å². The third-order valence-corrected chi connectivity index (χ3v) is 3.44. The van der Waals surface area contributed by atoms with Crippen molar-refractivity contribution >= 4 is 33.6 Å².